The summed E-state index contributed by atoms with van der Waals surface area (Å²) in [5.41, 5.74) is -0.674. The van der Waals surface area contributed by atoms with E-state index in [9.17, 15) is 9.59 Å². The molecule has 0 heterocycles. The molecule has 5 heteroatoms. The SMILES string of the molecule is CCCCCCCCCCCC(=O)NCC(C)(CC)OCCC(C)(C)NC(=O)CCCCC. The van der Waals surface area contributed by atoms with E-state index in [1.54, 1.807) is 0 Å². The van der Waals surface area contributed by atoms with Crippen molar-refractivity contribution in [3.8, 4) is 0 Å². The van der Waals surface area contributed by atoms with Crippen molar-refractivity contribution in [2.45, 2.75) is 155 Å². The number of unbranched alkanes of at least 4 members (excludes halogenated alkanes) is 10. The Labute approximate surface area is 205 Å². The van der Waals surface area contributed by atoms with Gasteiger partial charge < -0.3 is 15.4 Å². The van der Waals surface area contributed by atoms with Crippen LogP contribution in [0, 0.1) is 0 Å². The molecule has 0 aliphatic carbocycles. The first-order chi connectivity index (χ1) is 15.7. The maximum Gasteiger partial charge on any atom is 0.220 e. The second-order valence-electron chi connectivity index (χ2n) is 10.6. The summed E-state index contributed by atoms with van der Waals surface area (Å²) in [6.45, 7) is 13.7. The van der Waals surface area contributed by atoms with Crippen molar-refractivity contribution >= 4 is 11.8 Å². The number of carbonyl (C=O) groups is 2. The molecule has 196 valence electrons. The lowest BCUT2D eigenvalue weighted by molar-refractivity contribution is -0.125. The molecule has 0 spiro atoms. The molecular weight excluding hydrogens is 412 g/mol. The average molecular weight is 469 g/mol. The second kappa shape index (κ2) is 19.2. The molecule has 5 nitrogen and oxygen atoms in total. The Hall–Kier alpha value is -1.10. The van der Waals surface area contributed by atoms with Crippen LogP contribution >= 0.6 is 0 Å². The van der Waals surface area contributed by atoms with E-state index in [0.717, 1.165) is 44.9 Å². The van der Waals surface area contributed by atoms with E-state index < -0.39 is 0 Å². The summed E-state index contributed by atoms with van der Waals surface area (Å²) >= 11 is 0. The van der Waals surface area contributed by atoms with E-state index in [4.69, 9.17) is 4.74 Å². The fourth-order valence-corrected chi connectivity index (χ4v) is 3.84. The minimum absolute atomic E-state index is 0.121. The molecule has 0 aliphatic heterocycles. The summed E-state index contributed by atoms with van der Waals surface area (Å²) in [7, 11) is 0. The standard InChI is InChI=1S/C28H56N2O3/c1-7-10-12-13-14-15-16-17-19-20-25(31)29-24-28(6,9-3)33-23-22-27(4,5)30-26(32)21-18-11-8-2/h7-24H2,1-6H3,(H,29,31)(H,30,32). The van der Waals surface area contributed by atoms with Gasteiger partial charge in [-0.15, -0.1) is 0 Å². The number of carbonyl (C=O) groups excluding carboxylic acids is 2. The zero-order valence-corrected chi connectivity index (χ0v) is 23.0. The first-order valence-electron chi connectivity index (χ1n) is 13.9. The van der Waals surface area contributed by atoms with Crippen molar-refractivity contribution < 1.29 is 14.3 Å². The Morgan fingerprint density at radius 2 is 1.18 bits per heavy atom. The van der Waals surface area contributed by atoms with Gasteiger partial charge in [0.15, 0.2) is 0 Å². The third-order valence-electron chi connectivity index (χ3n) is 6.58. The Balaban J connectivity index is 4.03. The van der Waals surface area contributed by atoms with Gasteiger partial charge in [0.2, 0.25) is 11.8 Å². The zero-order chi connectivity index (χ0) is 25.0. The van der Waals surface area contributed by atoms with E-state index in [-0.39, 0.29) is 23.0 Å². The van der Waals surface area contributed by atoms with E-state index in [1.165, 1.54) is 44.9 Å². The van der Waals surface area contributed by atoms with E-state index >= 15 is 0 Å². The molecule has 0 aromatic rings. The van der Waals surface area contributed by atoms with Crippen molar-refractivity contribution in [2.75, 3.05) is 13.2 Å². The van der Waals surface area contributed by atoms with Gasteiger partial charge in [-0.2, -0.15) is 0 Å². The van der Waals surface area contributed by atoms with Crippen molar-refractivity contribution in [3.05, 3.63) is 0 Å². The molecule has 0 bridgehead atoms. The van der Waals surface area contributed by atoms with Crippen LogP contribution in [0.2, 0.25) is 0 Å². The molecule has 33 heavy (non-hydrogen) atoms. The molecule has 0 rings (SSSR count). The van der Waals surface area contributed by atoms with Gasteiger partial charge in [-0.3, -0.25) is 9.59 Å². The van der Waals surface area contributed by atoms with Crippen molar-refractivity contribution in [1.82, 2.24) is 10.6 Å². The van der Waals surface area contributed by atoms with Crippen LogP contribution in [0.3, 0.4) is 0 Å². The molecule has 0 aromatic carbocycles. The fraction of sp³-hybridized carbons (Fsp3) is 0.929. The van der Waals surface area contributed by atoms with Crippen molar-refractivity contribution in [2.24, 2.45) is 0 Å². The smallest absolute Gasteiger partial charge is 0.220 e. The van der Waals surface area contributed by atoms with Crippen molar-refractivity contribution in [3.63, 3.8) is 0 Å². The van der Waals surface area contributed by atoms with Crippen LogP contribution < -0.4 is 10.6 Å². The first-order valence-corrected chi connectivity index (χ1v) is 13.9. The zero-order valence-electron chi connectivity index (χ0n) is 23.0. The molecule has 0 aliphatic rings. The summed E-state index contributed by atoms with van der Waals surface area (Å²) in [4.78, 5) is 24.4. The highest BCUT2D eigenvalue weighted by Crippen LogP contribution is 2.18. The lowest BCUT2D eigenvalue weighted by Crippen LogP contribution is -2.46. The second-order valence-corrected chi connectivity index (χ2v) is 10.6. The predicted octanol–water partition coefficient (Wildman–Crippen LogP) is 7.07. The molecule has 0 saturated heterocycles. The van der Waals surface area contributed by atoms with Crippen LogP contribution in [0.5, 0.6) is 0 Å². The summed E-state index contributed by atoms with van der Waals surface area (Å²) in [6.07, 6.45) is 17.3. The van der Waals surface area contributed by atoms with Gasteiger partial charge in [-0.1, -0.05) is 85.0 Å². The van der Waals surface area contributed by atoms with Crippen LogP contribution in [0.1, 0.15) is 144 Å². The Morgan fingerprint density at radius 3 is 1.76 bits per heavy atom. The van der Waals surface area contributed by atoms with E-state index in [2.05, 4.69) is 38.3 Å². The van der Waals surface area contributed by atoms with Crippen LogP contribution in [-0.4, -0.2) is 36.1 Å². The summed E-state index contributed by atoms with van der Waals surface area (Å²) < 4.78 is 6.18. The molecule has 2 N–H and O–H groups in total. The van der Waals surface area contributed by atoms with Crippen LogP contribution in [0.25, 0.3) is 0 Å². The molecule has 1 atom stereocenters. The summed E-state index contributed by atoms with van der Waals surface area (Å²) in [5.74, 6) is 0.247. The predicted molar refractivity (Wildman–Crippen MR) is 140 cm³/mol. The van der Waals surface area contributed by atoms with Gasteiger partial charge in [-0.05, 0) is 46.5 Å². The lowest BCUT2D eigenvalue weighted by Gasteiger charge is -2.32. The Kier molecular flexibility index (Phi) is 18.6. The number of hydrogen-bond acceptors (Lipinski definition) is 3. The molecule has 0 fully saturated rings. The maximum atomic E-state index is 12.3. The molecule has 0 radical (unpaired) electrons. The Morgan fingerprint density at radius 1 is 0.697 bits per heavy atom. The molecule has 0 saturated carbocycles. The van der Waals surface area contributed by atoms with Gasteiger partial charge in [0.25, 0.3) is 0 Å². The van der Waals surface area contributed by atoms with Crippen LogP contribution in [0.4, 0.5) is 0 Å². The van der Waals surface area contributed by atoms with Crippen LogP contribution in [-0.2, 0) is 14.3 Å². The molecular formula is C28H56N2O3. The number of amides is 2. The minimum atomic E-state index is -0.380. The first kappa shape index (κ1) is 31.9. The third-order valence-corrected chi connectivity index (χ3v) is 6.58. The molecule has 0 aromatic heterocycles. The number of hydrogen-bond donors (Lipinski definition) is 2. The monoisotopic (exact) mass is 468 g/mol. The Bertz CT molecular complexity index is 507. The average Bonchev–Trinajstić information content (AvgIpc) is 2.76. The number of rotatable bonds is 22. The quantitative estimate of drug-likeness (QED) is 0.167. The third kappa shape index (κ3) is 19.0. The lowest BCUT2D eigenvalue weighted by atomic mass is 9.99. The highest BCUT2D eigenvalue weighted by Gasteiger charge is 2.26. The summed E-state index contributed by atoms with van der Waals surface area (Å²) in [5, 5.41) is 6.21. The summed E-state index contributed by atoms with van der Waals surface area (Å²) in [6, 6.07) is 0. The largest absolute Gasteiger partial charge is 0.373 e. The highest BCUT2D eigenvalue weighted by atomic mass is 16.5. The van der Waals surface area contributed by atoms with Gasteiger partial charge in [0.1, 0.15) is 0 Å². The highest BCUT2D eigenvalue weighted by molar-refractivity contribution is 5.76. The molecule has 2 amide bonds. The number of ether oxygens (including phenoxy) is 1. The van der Waals surface area contributed by atoms with E-state index in [1.807, 2.05) is 13.8 Å². The van der Waals surface area contributed by atoms with Crippen LogP contribution in [0.15, 0.2) is 0 Å². The van der Waals surface area contributed by atoms with Gasteiger partial charge in [0.05, 0.1) is 5.60 Å². The van der Waals surface area contributed by atoms with Crippen molar-refractivity contribution in [1.29, 1.82) is 0 Å². The topological polar surface area (TPSA) is 67.4 Å². The van der Waals surface area contributed by atoms with Gasteiger partial charge in [0, 0.05) is 31.5 Å². The molecule has 1 unspecified atom stereocenters. The normalized spacial score (nSPS) is 13.5. The fourth-order valence-electron chi connectivity index (χ4n) is 3.84. The van der Waals surface area contributed by atoms with E-state index in [0.29, 0.717) is 26.0 Å². The maximum absolute atomic E-state index is 12.3. The van der Waals surface area contributed by atoms with Gasteiger partial charge in [-0.25, -0.2) is 0 Å². The van der Waals surface area contributed by atoms with Gasteiger partial charge >= 0.3 is 0 Å². The minimum Gasteiger partial charge on any atom is -0.373 e. The number of nitrogens with one attached hydrogen (secondary N) is 2.